The molecular weight excluding hydrogens is 258 g/mol. The first-order valence-corrected chi connectivity index (χ1v) is 6.30. The van der Waals surface area contributed by atoms with Crippen LogP contribution in [-0.2, 0) is 11.3 Å². The summed E-state index contributed by atoms with van der Waals surface area (Å²) >= 11 is 0. The second-order valence-electron chi connectivity index (χ2n) is 4.71. The van der Waals surface area contributed by atoms with Gasteiger partial charge in [0.15, 0.2) is 0 Å². The molecule has 0 aliphatic rings. The van der Waals surface area contributed by atoms with Crippen molar-refractivity contribution in [3.05, 3.63) is 45.9 Å². The van der Waals surface area contributed by atoms with Crippen LogP contribution in [0.1, 0.15) is 29.8 Å². The van der Waals surface area contributed by atoms with Crippen LogP contribution in [0.15, 0.2) is 23.5 Å². The Morgan fingerprint density at radius 2 is 2.25 bits per heavy atom. The molecule has 2 aromatic heterocycles. The number of H-pyrrole nitrogens is 1. The zero-order valence-corrected chi connectivity index (χ0v) is 11.7. The van der Waals surface area contributed by atoms with E-state index in [9.17, 15) is 9.59 Å². The van der Waals surface area contributed by atoms with E-state index < -0.39 is 6.04 Å². The van der Waals surface area contributed by atoms with Crippen LogP contribution in [0.2, 0.25) is 0 Å². The molecule has 106 valence electrons. The molecule has 7 nitrogen and oxygen atoms in total. The molecule has 0 aromatic carbocycles. The topological polar surface area (TPSA) is 92.7 Å². The number of aromatic nitrogens is 4. The zero-order chi connectivity index (χ0) is 14.7. The number of aromatic amines is 1. The number of nitrogens with one attached hydrogen (secondary N) is 2. The maximum Gasteiger partial charge on any atom is 0.253 e. The minimum absolute atomic E-state index is 0.170. The van der Waals surface area contributed by atoms with Gasteiger partial charge in [-0.1, -0.05) is 0 Å². The fraction of sp³-hybridized carbons (Fsp3) is 0.385. The van der Waals surface area contributed by atoms with Crippen LogP contribution in [0.3, 0.4) is 0 Å². The lowest BCUT2D eigenvalue weighted by Gasteiger charge is -2.13. The Bertz CT molecular complexity index is 660. The summed E-state index contributed by atoms with van der Waals surface area (Å²) in [7, 11) is 0. The minimum atomic E-state index is -0.470. The first kappa shape index (κ1) is 14.0. The Kier molecular flexibility index (Phi) is 3.97. The predicted octanol–water partition coefficient (Wildman–Crippen LogP) is 0.461. The second kappa shape index (κ2) is 5.68. The lowest BCUT2D eigenvalue weighted by Crippen LogP contribution is -2.33. The van der Waals surface area contributed by atoms with Gasteiger partial charge < -0.3 is 10.3 Å². The zero-order valence-electron chi connectivity index (χ0n) is 11.7. The third-order valence-electron chi connectivity index (χ3n) is 3.15. The third-order valence-corrected chi connectivity index (χ3v) is 3.15. The minimum Gasteiger partial charge on any atom is -0.350 e. The van der Waals surface area contributed by atoms with Crippen molar-refractivity contribution < 1.29 is 4.79 Å². The molecule has 2 heterocycles. The largest absolute Gasteiger partial charge is 0.350 e. The van der Waals surface area contributed by atoms with Crippen LogP contribution in [-0.4, -0.2) is 25.7 Å². The standard InChI is InChI=1S/C13H17N5O2/c1-8-4-9(2)17-13(20)11(8)5-15-12(19)10(3)18-7-14-6-16-18/h4,6-7,10H,5H2,1-3H3,(H,15,19)(H,17,20)/t10-/m1/s1. The van der Waals surface area contributed by atoms with Gasteiger partial charge in [0.25, 0.3) is 5.56 Å². The van der Waals surface area contributed by atoms with Crippen molar-refractivity contribution in [3.8, 4) is 0 Å². The van der Waals surface area contributed by atoms with Crippen LogP contribution in [0, 0.1) is 13.8 Å². The molecule has 7 heteroatoms. The maximum absolute atomic E-state index is 12.0. The predicted molar refractivity (Wildman–Crippen MR) is 73.1 cm³/mol. The fourth-order valence-corrected chi connectivity index (χ4v) is 1.96. The molecule has 0 saturated heterocycles. The van der Waals surface area contributed by atoms with E-state index in [4.69, 9.17) is 0 Å². The van der Waals surface area contributed by atoms with Crippen molar-refractivity contribution >= 4 is 5.91 Å². The van der Waals surface area contributed by atoms with E-state index in [0.29, 0.717) is 5.56 Å². The molecular formula is C13H17N5O2. The van der Waals surface area contributed by atoms with Crippen LogP contribution >= 0.6 is 0 Å². The lowest BCUT2D eigenvalue weighted by atomic mass is 10.1. The number of amides is 1. The maximum atomic E-state index is 12.0. The highest BCUT2D eigenvalue weighted by molar-refractivity contribution is 5.79. The van der Waals surface area contributed by atoms with E-state index in [2.05, 4.69) is 20.4 Å². The van der Waals surface area contributed by atoms with Gasteiger partial charge in [-0.25, -0.2) is 9.67 Å². The van der Waals surface area contributed by atoms with Crippen molar-refractivity contribution in [1.82, 2.24) is 25.1 Å². The van der Waals surface area contributed by atoms with E-state index in [0.717, 1.165) is 11.3 Å². The van der Waals surface area contributed by atoms with E-state index in [1.807, 2.05) is 19.9 Å². The summed E-state index contributed by atoms with van der Waals surface area (Å²) in [6.07, 6.45) is 2.85. The molecule has 1 atom stereocenters. The first-order chi connectivity index (χ1) is 9.49. The summed E-state index contributed by atoms with van der Waals surface area (Å²) < 4.78 is 1.46. The van der Waals surface area contributed by atoms with Gasteiger partial charge in [-0.05, 0) is 32.4 Å². The summed E-state index contributed by atoms with van der Waals surface area (Å²) in [5, 5.41) is 6.66. The van der Waals surface area contributed by atoms with Gasteiger partial charge in [0.05, 0.1) is 0 Å². The Morgan fingerprint density at radius 3 is 2.85 bits per heavy atom. The third kappa shape index (κ3) is 2.93. The summed E-state index contributed by atoms with van der Waals surface area (Å²) in [4.78, 5) is 30.4. The van der Waals surface area contributed by atoms with E-state index in [1.165, 1.54) is 17.3 Å². The number of rotatable bonds is 4. The average molecular weight is 275 g/mol. The highest BCUT2D eigenvalue weighted by Crippen LogP contribution is 2.05. The highest BCUT2D eigenvalue weighted by Gasteiger charge is 2.16. The SMILES string of the molecule is Cc1cc(C)c(CNC(=O)[C@@H](C)n2cncn2)c(=O)[nH]1. The Balaban J connectivity index is 2.06. The molecule has 0 unspecified atom stereocenters. The van der Waals surface area contributed by atoms with Crippen molar-refractivity contribution in [1.29, 1.82) is 0 Å². The van der Waals surface area contributed by atoms with Gasteiger partial charge in [-0.2, -0.15) is 5.10 Å². The molecule has 0 aliphatic heterocycles. The van der Waals surface area contributed by atoms with Gasteiger partial charge >= 0.3 is 0 Å². The molecule has 0 radical (unpaired) electrons. The Labute approximate surface area is 116 Å². The first-order valence-electron chi connectivity index (χ1n) is 6.30. The molecule has 2 N–H and O–H groups in total. The number of carbonyl (C=O) groups is 1. The van der Waals surface area contributed by atoms with E-state index >= 15 is 0 Å². The second-order valence-corrected chi connectivity index (χ2v) is 4.71. The van der Waals surface area contributed by atoms with Crippen LogP contribution in [0.4, 0.5) is 0 Å². The van der Waals surface area contributed by atoms with Crippen LogP contribution in [0.25, 0.3) is 0 Å². The molecule has 1 amide bonds. The highest BCUT2D eigenvalue weighted by atomic mass is 16.2. The fourth-order valence-electron chi connectivity index (χ4n) is 1.96. The number of aryl methyl sites for hydroxylation is 2. The smallest absolute Gasteiger partial charge is 0.253 e. The van der Waals surface area contributed by atoms with Gasteiger partial charge in [0.2, 0.25) is 5.91 Å². The van der Waals surface area contributed by atoms with E-state index in [-0.39, 0.29) is 18.0 Å². The van der Waals surface area contributed by atoms with Gasteiger partial charge in [0.1, 0.15) is 18.7 Å². The summed E-state index contributed by atoms with van der Waals surface area (Å²) in [6.45, 7) is 5.59. The molecule has 20 heavy (non-hydrogen) atoms. The van der Waals surface area contributed by atoms with E-state index in [1.54, 1.807) is 6.92 Å². The van der Waals surface area contributed by atoms with Gasteiger partial charge in [0, 0.05) is 17.8 Å². The number of hydrogen-bond acceptors (Lipinski definition) is 4. The lowest BCUT2D eigenvalue weighted by molar-refractivity contribution is -0.124. The molecule has 0 saturated carbocycles. The summed E-state index contributed by atoms with van der Waals surface area (Å²) in [6, 6.07) is 1.41. The van der Waals surface area contributed by atoms with Crippen molar-refractivity contribution in [2.75, 3.05) is 0 Å². The van der Waals surface area contributed by atoms with Gasteiger partial charge in [-0.15, -0.1) is 0 Å². The normalized spacial score (nSPS) is 12.2. The van der Waals surface area contributed by atoms with Crippen molar-refractivity contribution in [2.24, 2.45) is 0 Å². The van der Waals surface area contributed by atoms with Crippen molar-refractivity contribution in [3.63, 3.8) is 0 Å². The van der Waals surface area contributed by atoms with Crippen molar-refractivity contribution in [2.45, 2.75) is 33.4 Å². The molecule has 0 aliphatic carbocycles. The van der Waals surface area contributed by atoms with Gasteiger partial charge in [-0.3, -0.25) is 9.59 Å². The number of nitrogens with zero attached hydrogens (tertiary/aromatic N) is 3. The monoisotopic (exact) mass is 275 g/mol. The number of carbonyl (C=O) groups excluding carboxylic acids is 1. The average Bonchev–Trinajstić information content (AvgIpc) is 2.90. The number of hydrogen-bond donors (Lipinski definition) is 2. The molecule has 0 fully saturated rings. The Morgan fingerprint density at radius 1 is 1.50 bits per heavy atom. The van der Waals surface area contributed by atoms with Crippen LogP contribution < -0.4 is 10.9 Å². The molecule has 0 bridgehead atoms. The molecule has 2 aromatic rings. The molecule has 2 rings (SSSR count). The van der Waals surface area contributed by atoms with Crippen LogP contribution in [0.5, 0.6) is 0 Å². The number of pyridine rings is 1. The Hall–Kier alpha value is -2.44. The summed E-state index contributed by atoms with van der Waals surface area (Å²) in [5.41, 5.74) is 2.06. The summed E-state index contributed by atoms with van der Waals surface area (Å²) in [5.74, 6) is -0.213. The quantitative estimate of drug-likeness (QED) is 0.847. The molecule has 0 spiro atoms.